The Bertz CT molecular complexity index is 975. The average Bonchev–Trinajstić information content (AvgIpc) is 3.11. The molecule has 0 radical (unpaired) electrons. The van der Waals surface area contributed by atoms with Crippen LogP contribution < -0.4 is 0 Å². The second kappa shape index (κ2) is 7.38. The molecule has 1 aliphatic heterocycles. The molecule has 1 aliphatic rings. The Balaban J connectivity index is 1.57. The first-order valence-electron chi connectivity index (χ1n) is 9.71. The summed E-state index contributed by atoms with van der Waals surface area (Å²) in [7, 11) is 1.89. The van der Waals surface area contributed by atoms with Gasteiger partial charge in [0.15, 0.2) is 5.78 Å². The Labute approximate surface area is 155 Å². The van der Waals surface area contributed by atoms with E-state index in [9.17, 15) is 4.79 Å². The standard InChI is InChI=1S/C21H24N4O/c1-24-14-19(13-23-24)16-5-6-17-12-22-20(10-18(17)9-16)11-21(26)15-25-7-3-2-4-8-25/h5-6,9-10,12-14H,2-4,7-8,11,15H2,1H3/i10D. The first-order valence-corrected chi connectivity index (χ1v) is 9.21. The number of Topliss-reactive ketones (excluding diaryl/α,β-unsaturated/α-hetero) is 1. The molecular weight excluding hydrogens is 324 g/mol. The van der Waals surface area contributed by atoms with Crippen LogP contribution in [-0.2, 0) is 18.3 Å². The lowest BCUT2D eigenvalue weighted by atomic mass is 10.0. The molecule has 2 aromatic heterocycles. The molecule has 0 N–H and O–H groups in total. The summed E-state index contributed by atoms with van der Waals surface area (Å²) in [6.07, 6.45) is 9.36. The van der Waals surface area contributed by atoms with Crippen LogP contribution in [0.3, 0.4) is 0 Å². The van der Waals surface area contributed by atoms with Crippen LogP contribution in [-0.4, -0.2) is 45.1 Å². The molecule has 4 rings (SSSR count). The molecule has 134 valence electrons. The molecule has 3 aromatic rings. The molecule has 0 amide bonds. The summed E-state index contributed by atoms with van der Waals surface area (Å²) < 4.78 is 10.3. The summed E-state index contributed by atoms with van der Waals surface area (Å²) in [5.74, 6) is 0.140. The van der Waals surface area contributed by atoms with Gasteiger partial charge in [-0.15, -0.1) is 0 Å². The smallest absolute Gasteiger partial charge is 0.152 e. The van der Waals surface area contributed by atoms with E-state index in [1.165, 1.54) is 19.3 Å². The summed E-state index contributed by atoms with van der Waals surface area (Å²) >= 11 is 0. The second-order valence-electron chi connectivity index (χ2n) is 7.09. The minimum Gasteiger partial charge on any atom is -0.298 e. The topological polar surface area (TPSA) is 51.0 Å². The molecule has 1 saturated heterocycles. The van der Waals surface area contributed by atoms with Crippen molar-refractivity contribution < 1.29 is 6.17 Å². The fraction of sp³-hybridized carbons (Fsp3) is 0.381. The highest BCUT2D eigenvalue weighted by Gasteiger charge is 2.14. The third-order valence-corrected chi connectivity index (χ3v) is 4.94. The van der Waals surface area contributed by atoms with Crippen molar-refractivity contribution in [3.05, 3.63) is 48.5 Å². The summed E-state index contributed by atoms with van der Waals surface area (Å²) in [4.78, 5) is 19.1. The zero-order chi connectivity index (χ0) is 18.8. The zero-order valence-corrected chi connectivity index (χ0v) is 15.1. The first kappa shape index (κ1) is 15.7. The number of aromatic nitrogens is 3. The van der Waals surface area contributed by atoms with Crippen LogP contribution in [0.25, 0.3) is 21.9 Å². The molecule has 0 atom stereocenters. The van der Waals surface area contributed by atoms with E-state index in [2.05, 4.69) is 15.0 Å². The molecular formula is C21H24N4O. The Morgan fingerprint density at radius 1 is 1.15 bits per heavy atom. The molecule has 0 spiro atoms. The Morgan fingerprint density at radius 3 is 2.77 bits per heavy atom. The second-order valence-corrected chi connectivity index (χ2v) is 7.09. The molecule has 5 nitrogen and oxygen atoms in total. The van der Waals surface area contributed by atoms with Gasteiger partial charge in [-0.3, -0.25) is 19.4 Å². The summed E-state index contributed by atoms with van der Waals surface area (Å²) in [5.41, 5.74) is 2.59. The Kier molecular flexibility index (Phi) is 4.46. The van der Waals surface area contributed by atoms with Crippen molar-refractivity contribution in [2.24, 2.45) is 7.05 Å². The maximum Gasteiger partial charge on any atom is 0.152 e. The molecule has 1 fully saturated rings. The lowest BCUT2D eigenvalue weighted by Crippen LogP contribution is -2.35. The molecule has 0 saturated carbocycles. The van der Waals surface area contributed by atoms with E-state index in [0.29, 0.717) is 18.3 Å². The molecule has 0 aliphatic carbocycles. The molecule has 5 heteroatoms. The number of piperidine rings is 1. The fourth-order valence-corrected chi connectivity index (χ4v) is 3.56. The maximum absolute atomic E-state index is 12.5. The zero-order valence-electron chi connectivity index (χ0n) is 16.1. The normalized spacial score (nSPS) is 16.0. The Morgan fingerprint density at radius 2 is 2.00 bits per heavy atom. The highest BCUT2D eigenvalue weighted by Crippen LogP contribution is 2.24. The number of ketones is 1. The van der Waals surface area contributed by atoms with Gasteiger partial charge in [-0.2, -0.15) is 5.10 Å². The number of benzene rings is 1. The van der Waals surface area contributed by atoms with E-state index in [4.69, 9.17) is 1.37 Å². The van der Waals surface area contributed by atoms with Crippen molar-refractivity contribution >= 4 is 16.6 Å². The number of carbonyl (C=O) groups excluding carboxylic acids is 1. The largest absolute Gasteiger partial charge is 0.298 e. The number of carbonyl (C=O) groups is 1. The van der Waals surface area contributed by atoms with Crippen LogP contribution in [0.4, 0.5) is 0 Å². The summed E-state index contributed by atoms with van der Waals surface area (Å²) in [6, 6.07) is 6.34. The number of pyridine rings is 1. The van der Waals surface area contributed by atoms with E-state index < -0.39 is 0 Å². The highest BCUT2D eigenvalue weighted by molar-refractivity contribution is 5.88. The van der Waals surface area contributed by atoms with Crippen LogP contribution in [0, 0.1) is 0 Å². The van der Waals surface area contributed by atoms with Gasteiger partial charge in [0.25, 0.3) is 0 Å². The van der Waals surface area contributed by atoms with Gasteiger partial charge in [-0.25, -0.2) is 0 Å². The minimum absolute atomic E-state index is 0.140. The van der Waals surface area contributed by atoms with Gasteiger partial charge in [0.1, 0.15) is 0 Å². The van der Waals surface area contributed by atoms with Gasteiger partial charge in [0, 0.05) is 36.1 Å². The van der Waals surface area contributed by atoms with Crippen molar-refractivity contribution in [1.82, 2.24) is 19.7 Å². The first-order chi connectivity index (χ1) is 13.1. The van der Waals surface area contributed by atoms with Crippen LogP contribution in [0.15, 0.2) is 42.8 Å². The maximum atomic E-state index is 12.5. The predicted molar refractivity (Wildman–Crippen MR) is 103 cm³/mol. The van der Waals surface area contributed by atoms with Gasteiger partial charge in [0.05, 0.1) is 20.5 Å². The van der Waals surface area contributed by atoms with Crippen molar-refractivity contribution in [2.75, 3.05) is 19.6 Å². The van der Waals surface area contributed by atoms with Crippen molar-refractivity contribution in [1.29, 1.82) is 0 Å². The molecule has 0 bridgehead atoms. The van der Waals surface area contributed by atoms with Gasteiger partial charge < -0.3 is 0 Å². The number of likely N-dealkylation sites (tertiary alicyclic amines) is 1. The highest BCUT2D eigenvalue weighted by atomic mass is 16.1. The lowest BCUT2D eigenvalue weighted by Gasteiger charge is -2.25. The van der Waals surface area contributed by atoms with Crippen LogP contribution in [0.5, 0.6) is 0 Å². The van der Waals surface area contributed by atoms with Crippen LogP contribution in [0.1, 0.15) is 26.3 Å². The fourth-order valence-electron chi connectivity index (χ4n) is 3.56. The van der Waals surface area contributed by atoms with Crippen molar-refractivity contribution in [3.63, 3.8) is 0 Å². The third-order valence-electron chi connectivity index (χ3n) is 4.94. The van der Waals surface area contributed by atoms with Crippen LogP contribution >= 0.6 is 0 Å². The number of hydrogen-bond acceptors (Lipinski definition) is 4. The molecule has 1 aromatic carbocycles. The van der Waals surface area contributed by atoms with Crippen LogP contribution in [0.2, 0.25) is 0 Å². The van der Waals surface area contributed by atoms with E-state index in [0.717, 1.165) is 35.0 Å². The van der Waals surface area contributed by atoms with Gasteiger partial charge >= 0.3 is 0 Å². The SMILES string of the molecule is [2H]c1c(CC(=O)CN2CCCCC2)ncc2ccc(-c3cnn(C)c3)cc12. The van der Waals surface area contributed by atoms with Gasteiger partial charge in [-0.05, 0) is 49.0 Å². The Hall–Kier alpha value is -2.53. The molecule has 26 heavy (non-hydrogen) atoms. The summed E-state index contributed by atoms with van der Waals surface area (Å²) in [6.45, 7) is 2.47. The number of nitrogens with zero attached hydrogens (tertiary/aromatic N) is 4. The average molecular weight is 349 g/mol. The van der Waals surface area contributed by atoms with E-state index >= 15 is 0 Å². The van der Waals surface area contributed by atoms with E-state index in [1.807, 2.05) is 37.6 Å². The summed E-state index contributed by atoms with van der Waals surface area (Å²) in [5, 5.41) is 5.96. The number of rotatable bonds is 5. The molecule has 0 unspecified atom stereocenters. The molecule has 3 heterocycles. The quantitative estimate of drug-likeness (QED) is 0.710. The van der Waals surface area contributed by atoms with Gasteiger partial charge in [0.2, 0.25) is 0 Å². The number of fused-ring (bicyclic) bond motifs is 1. The lowest BCUT2D eigenvalue weighted by molar-refractivity contribution is -0.119. The van der Waals surface area contributed by atoms with Crippen molar-refractivity contribution in [2.45, 2.75) is 25.7 Å². The van der Waals surface area contributed by atoms with E-state index in [1.54, 1.807) is 10.9 Å². The number of hydrogen-bond donors (Lipinski definition) is 0. The van der Waals surface area contributed by atoms with Crippen molar-refractivity contribution in [3.8, 4) is 11.1 Å². The third kappa shape index (κ3) is 3.83. The monoisotopic (exact) mass is 349 g/mol. The minimum atomic E-state index is 0.140. The van der Waals surface area contributed by atoms with E-state index in [-0.39, 0.29) is 12.2 Å². The predicted octanol–water partition coefficient (Wildman–Crippen LogP) is 3.23. The number of aryl methyl sites for hydroxylation is 1. The van der Waals surface area contributed by atoms with Gasteiger partial charge in [-0.1, -0.05) is 18.6 Å².